The minimum atomic E-state index is -1.54. The fraction of sp³-hybridized carbons (Fsp3) is 0.348. The van der Waals surface area contributed by atoms with Gasteiger partial charge in [-0.05, 0) is 43.0 Å². The van der Waals surface area contributed by atoms with Crippen LogP contribution >= 0.6 is 0 Å². The van der Waals surface area contributed by atoms with Crippen molar-refractivity contribution in [2.45, 2.75) is 43.9 Å². The van der Waals surface area contributed by atoms with Gasteiger partial charge in [-0.3, -0.25) is 4.90 Å². The fourth-order valence-electron chi connectivity index (χ4n) is 4.10. The van der Waals surface area contributed by atoms with E-state index in [0.717, 1.165) is 4.90 Å². The second kappa shape index (κ2) is 9.47. The Morgan fingerprint density at radius 2 is 1.97 bits per heavy atom. The van der Waals surface area contributed by atoms with E-state index < -0.39 is 23.6 Å². The molecule has 8 heteroatoms. The van der Waals surface area contributed by atoms with E-state index in [0.29, 0.717) is 29.7 Å². The normalized spacial score (nSPS) is 20.5. The molecule has 3 rings (SSSR count). The minimum absolute atomic E-state index is 0.0598. The Bertz CT molecular complexity index is 988. The van der Waals surface area contributed by atoms with Gasteiger partial charge in [0.25, 0.3) is 0 Å². The van der Waals surface area contributed by atoms with Gasteiger partial charge in [-0.1, -0.05) is 30.3 Å². The van der Waals surface area contributed by atoms with Crippen molar-refractivity contribution in [2.24, 2.45) is 0 Å². The number of rotatable bonds is 6. The standard InChI is InChI=1S/C23H23FN2O5/c1-30-21(27)23(13-14-25)12-4-7-20(26(23)22(28)29)16-8-10-18(11-9-16)31-15-17-5-2-3-6-19(17)24/h2-3,5-6,8-11,20H,4,7,12-13,15H2,1H3,(H,28,29)/t20-,23-/m0/s1. The van der Waals surface area contributed by atoms with Gasteiger partial charge in [0.1, 0.15) is 18.2 Å². The Kier molecular flexibility index (Phi) is 6.75. The zero-order valence-electron chi connectivity index (χ0n) is 17.1. The Labute approximate surface area is 179 Å². The van der Waals surface area contributed by atoms with Crippen LogP contribution in [-0.4, -0.2) is 34.7 Å². The zero-order valence-corrected chi connectivity index (χ0v) is 17.1. The molecule has 1 aliphatic rings. The number of nitriles is 1. The van der Waals surface area contributed by atoms with Crippen LogP contribution in [0.1, 0.15) is 42.9 Å². The summed E-state index contributed by atoms with van der Waals surface area (Å²) in [5, 5.41) is 19.2. The number of carboxylic acid groups (broad SMARTS) is 1. The lowest BCUT2D eigenvalue weighted by Gasteiger charge is -2.46. The summed E-state index contributed by atoms with van der Waals surface area (Å²) in [5.74, 6) is -0.581. The number of ether oxygens (including phenoxy) is 2. The molecule has 1 saturated heterocycles. The summed E-state index contributed by atoms with van der Waals surface area (Å²) in [6, 6.07) is 14.4. The van der Waals surface area contributed by atoms with Gasteiger partial charge in [0.15, 0.2) is 5.54 Å². The van der Waals surface area contributed by atoms with E-state index in [1.165, 1.54) is 13.2 Å². The predicted molar refractivity (Wildman–Crippen MR) is 109 cm³/mol. The van der Waals surface area contributed by atoms with Gasteiger partial charge in [0.05, 0.1) is 25.6 Å². The predicted octanol–water partition coefficient (Wildman–Crippen LogP) is 4.44. The molecular weight excluding hydrogens is 403 g/mol. The van der Waals surface area contributed by atoms with E-state index in [9.17, 15) is 24.3 Å². The smallest absolute Gasteiger partial charge is 0.408 e. The first-order valence-electron chi connectivity index (χ1n) is 9.86. The maximum absolute atomic E-state index is 13.7. The SMILES string of the molecule is COC(=O)[C@@]1(CC#N)CCC[C@@H](c2ccc(OCc3ccccc3F)cc2)N1C(=O)O. The largest absolute Gasteiger partial charge is 0.489 e. The second-order valence-corrected chi connectivity index (χ2v) is 7.37. The maximum Gasteiger partial charge on any atom is 0.408 e. The Balaban J connectivity index is 1.83. The van der Waals surface area contributed by atoms with Crippen LogP contribution in [0, 0.1) is 17.1 Å². The molecule has 1 aliphatic heterocycles. The third-order valence-corrected chi connectivity index (χ3v) is 5.60. The van der Waals surface area contributed by atoms with Crippen LogP contribution in [0.25, 0.3) is 0 Å². The van der Waals surface area contributed by atoms with Crippen molar-refractivity contribution < 1.29 is 28.6 Å². The molecule has 7 nitrogen and oxygen atoms in total. The van der Waals surface area contributed by atoms with Crippen LogP contribution in [0.4, 0.5) is 9.18 Å². The Hall–Kier alpha value is -3.60. The molecule has 0 radical (unpaired) electrons. The lowest BCUT2D eigenvalue weighted by Crippen LogP contribution is -2.60. The number of nitrogens with zero attached hydrogens (tertiary/aromatic N) is 2. The minimum Gasteiger partial charge on any atom is -0.489 e. The molecule has 162 valence electrons. The number of halogens is 1. The summed E-state index contributed by atoms with van der Waals surface area (Å²) in [6.07, 6.45) is -0.278. The molecule has 1 amide bonds. The monoisotopic (exact) mass is 426 g/mol. The van der Waals surface area contributed by atoms with Crippen molar-refractivity contribution in [1.82, 2.24) is 4.90 Å². The molecular formula is C23H23FN2O5. The quantitative estimate of drug-likeness (QED) is 0.686. The molecule has 1 N–H and O–H groups in total. The van der Waals surface area contributed by atoms with E-state index in [1.54, 1.807) is 42.5 Å². The fourth-order valence-corrected chi connectivity index (χ4v) is 4.10. The molecule has 0 bridgehead atoms. The first-order valence-corrected chi connectivity index (χ1v) is 9.86. The number of carbonyl (C=O) groups is 2. The highest BCUT2D eigenvalue weighted by Gasteiger charge is 2.53. The van der Waals surface area contributed by atoms with Gasteiger partial charge in [-0.25, -0.2) is 14.0 Å². The van der Waals surface area contributed by atoms with Crippen molar-refractivity contribution in [3.05, 3.63) is 65.5 Å². The van der Waals surface area contributed by atoms with Crippen LogP contribution < -0.4 is 4.74 Å². The molecule has 0 saturated carbocycles. The van der Waals surface area contributed by atoms with E-state index >= 15 is 0 Å². The molecule has 1 heterocycles. The highest BCUT2D eigenvalue weighted by atomic mass is 19.1. The van der Waals surface area contributed by atoms with Gasteiger partial charge in [0, 0.05) is 5.56 Å². The number of amides is 1. The molecule has 31 heavy (non-hydrogen) atoms. The van der Waals surface area contributed by atoms with Crippen molar-refractivity contribution in [3.8, 4) is 11.8 Å². The summed E-state index contributed by atoms with van der Waals surface area (Å²) in [6.45, 7) is 0.0598. The number of hydrogen-bond acceptors (Lipinski definition) is 5. The zero-order chi connectivity index (χ0) is 22.4. The molecule has 1 fully saturated rings. The van der Waals surface area contributed by atoms with Crippen LogP contribution in [-0.2, 0) is 16.1 Å². The van der Waals surface area contributed by atoms with Crippen LogP contribution in [0.3, 0.4) is 0 Å². The van der Waals surface area contributed by atoms with Crippen molar-refractivity contribution >= 4 is 12.1 Å². The van der Waals surface area contributed by atoms with Crippen LogP contribution in [0.5, 0.6) is 5.75 Å². The molecule has 0 aliphatic carbocycles. The van der Waals surface area contributed by atoms with Gasteiger partial charge in [0.2, 0.25) is 0 Å². The highest BCUT2D eigenvalue weighted by molar-refractivity contribution is 5.86. The molecule has 2 atom stereocenters. The van der Waals surface area contributed by atoms with E-state index in [-0.39, 0.29) is 25.3 Å². The van der Waals surface area contributed by atoms with E-state index in [2.05, 4.69) is 0 Å². The number of esters is 1. The van der Waals surface area contributed by atoms with Gasteiger partial charge >= 0.3 is 12.1 Å². The van der Waals surface area contributed by atoms with Crippen molar-refractivity contribution in [2.75, 3.05) is 7.11 Å². The van der Waals surface area contributed by atoms with Gasteiger partial charge < -0.3 is 14.6 Å². The second-order valence-electron chi connectivity index (χ2n) is 7.37. The van der Waals surface area contributed by atoms with Crippen molar-refractivity contribution in [3.63, 3.8) is 0 Å². The molecule has 2 aromatic rings. The van der Waals surface area contributed by atoms with Gasteiger partial charge in [-0.15, -0.1) is 0 Å². The number of hydrogen-bond donors (Lipinski definition) is 1. The molecule has 0 aromatic heterocycles. The molecule has 0 spiro atoms. The average molecular weight is 426 g/mol. The highest BCUT2D eigenvalue weighted by Crippen LogP contribution is 2.43. The number of methoxy groups -OCH3 is 1. The number of likely N-dealkylation sites (tertiary alicyclic amines) is 1. The number of benzene rings is 2. The molecule has 2 aromatic carbocycles. The topological polar surface area (TPSA) is 99.9 Å². The summed E-state index contributed by atoms with van der Waals surface area (Å²) in [7, 11) is 1.19. The number of carbonyl (C=O) groups excluding carboxylic acids is 1. The Morgan fingerprint density at radius 1 is 1.26 bits per heavy atom. The summed E-state index contributed by atoms with van der Waals surface area (Å²) >= 11 is 0. The average Bonchev–Trinajstić information content (AvgIpc) is 2.78. The summed E-state index contributed by atoms with van der Waals surface area (Å²) in [4.78, 5) is 25.8. The third-order valence-electron chi connectivity index (χ3n) is 5.60. The number of piperidine rings is 1. The van der Waals surface area contributed by atoms with Crippen molar-refractivity contribution in [1.29, 1.82) is 5.26 Å². The summed E-state index contributed by atoms with van der Waals surface area (Å²) < 4.78 is 24.3. The first-order chi connectivity index (χ1) is 14.9. The maximum atomic E-state index is 13.7. The first kappa shape index (κ1) is 22.1. The third kappa shape index (κ3) is 4.45. The van der Waals surface area contributed by atoms with Gasteiger partial charge in [-0.2, -0.15) is 5.26 Å². The lowest BCUT2D eigenvalue weighted by atomic mass is 9.79. The molecule has 0 unspecified atom stereocenters. The van der Waals surface area contributed by atoms with E-state index in [1.807, 2.05) is 6.07 Å². The lowest BCUT2D eigenvalue weighted by molar-refractivity contribution is -0.158. The Morgan fingerprint density at radius 3 is 2.58 bits per heavy atom. The van der Waals surface area contributed by atoms with Crippen LogP contribution in [0.2, 0.25) is 0 Å². The van der Waals surface area contributed by atoms with E-state index in [4.69, 9.17) is 9.47 Å². The van der Waals surface area contributed by atoms with Crippen LogP contribution in [0.15, 0.2) is 48.5 Å². The summed E-state index contributed by atoms with van der Waals surface area (Å²) in [5.41, 5.74) is -0.444.